The van der Waals surface area contributed by atoms with Crippen LogP contribution in [0.4, 0.5) is 13.2 Å². The first-order valence-electron chi connectivity index (χ1n) is 7.64. The Morgan fingerprint density at radius 2 is 2.21 bits per heavy atom. The predicted molar refractivity (Wildman–Crippen MR) is 71.8 cm³/mol. The van der Waals surface area contributed by atoms with Crippen molar-refractivity contribution in [3.05, 3.63) is 22.8 Å². The van der Waals surface area contributed by atoms with Gasteiger partial charge in [0, 0.05) is 12.0 Å². The second kappa shape index (κ2) is 5.52. The van der Waals surface area contributed by atoms with E-state index in [1.54, 1.807) is 0 Å². The number of nitrogens with one attached hydrogen (secondary N) is 1. The van der Waals surface area contributed by atoms with Crippen LogP contribution in [0, 0.1) is 0 Å². The summed E-state index contributed by atoms with van der Waals surface area (Å²) in [6.07, 6.45) is -3.56. The van der Waals surface area contributed by atoms with E-state index in [1.807, 2.05) is 0 Å². The van der Waals surface area contributed by atoms with Crippen molar-refractivity contribution in [2.45, 2.75) is 44.1 Å². The highest BCUT2D eigenvalue weighted by molar-refractivity contribution is 5.24. The third kappa shape index (κ3) is 2.38. The average Bonchev–Trinajstić information content (AvgIpc) is 3.26. The number of tetrazole rings is 1. The van der Waals surface area contributed by atoms with Crippen molar-refractivity contribution in [2.24, 2.45) is 0 Å². The fourth-order valence-corrected chi connectivity index (χ4v) is 3.12. The smallest absolute Gasteiger partial charge is 0.376 e. The number of hydrogen-bond acceptors (Lipinski definition) is 7. The lowest BCUT2D eigenvalue weighted by Gasteiger charge is -2.28. The highest BCUT2D eigenvalue weighted by atomic mass is 19.4. The topological polar surface area (TPSA) is 90.9 Å². The molecular weight excluding hydrogens is 329 g/mol. The van der Waals surface area contributed by atoms with Gasteiger partial charge >= 0.3 is 6.18 Å². The van der Waals surface area contributed by atoms with E-state index >= 15 is 0 Å². The van der Waals surface area contributed by atoms with Crippen LogP contribution in [0.3, 0.4) is 0 Å². The molecule has 8 nitrogen and oxygen atoms in total. The Kier molecular flexibility index (Phi) is 3.57. The molecule has 0 amide bonds. The van der Waals surface area contributed by atoms with E-state index in [4.69, 9.17) is 9.26 Å². The Morgan fingerprint density at radius 1 is 1.33 bits per heavy atom. The third-order valence-corrected chi connectivity index (χ3v) is 4.44. The van der Waals surface area contributed by atoms with Crippen LogP contribution in [0.1, 0.15) is 35.7 Å². The molecule has 0 bridgehead atoms. The van der Waals surface area contributed by atoms with Crippen LogP contribution in [0.25, 0.3) is 0 Å². The molecule has 2 aliphatic rings. The molecule has 2 aliphatic heterocycles. The summed E-state index contributed by atoms with van der Waals surface area (Å²) in [6, 6.07) is 0. The molecular formula is C13H15F3N6O2. The van der Waals surface area contributed by atoms with Gasteiger partial charge in [-0.25, -0.2) is 0 Å². The number of aromatic nitrogens is 5. The summed E-state index contributed by atoms with van der Waals surface area (Å²) < 4.78 is 51.1. The first-order chi connectivity index (χ1) is 11.5. The van der Waals surface area contributed by atoms with Gasteiger partial charge in [-0.05, 0) is 24.6 Å². The number of nitrogens with zero attached hydrogens (tertiary/aromatic N) is 5. The van der Waals surface area contributed by atoms with Gasteiger partial charge in [-0.2, -0.15) is 18.0 Å². The SMILES string of the molecule is FC(F)(F)C1(c2nnn(Cc3noc4c3COCC4)n2)CCCN1. The number of rotatable bonds is 3. The van der Waals surface area contributed by atoms with Crippen LogP contribution in [-0.4, -0.2) is 44.7 Å². The fraction of sp³-hybridized carbons (Fsp3) is 0.692. The Morgan fingerprint density at radius 3 is 2.96 bits per heavy atom. The number of hydrogen-bond donors (Lipinski definition) is 1. The highest BCUT2D eigenvalue weighted by Gasteiger charge is 2.60. The summed E-state index contributed by atoms with van der Waals surface area (Å²) in [5.41, 5.74) is -0.865. The maximum atomic E-state index is 13.5. The molecule has 0 aliphatic carbocycles. The summed E-state index contributed by atoms with van der Waals surface area (Å²) in [6.45, 7) is 1.28. The van der Waals surface area contributed by atoms with E-state index in [-0.39, 0.29) is 25.3 Å². The van der Waals surface area contributed by atoms with Gasteiger partial charge < -0.3 is 9.26 Å². The van der Waals surface area contributed by atoms with Crippen LogP contribution in [0.2, 0.25) is 0 Å². The molecule has 130 valence electrons. The van der Waals surface area contributed by atoms with E-state index in [0.717, 1.165) is 16.1 Å². The van der Waals surface area contributed by atoms with E-state index in [2.05, 4.69) is 25.9 Å². The second-order valence-corrected chi connectivity index (χ2v) is 5.91. The van der Waals surface area contributed by atoms with Crippen LogP contribution < -0.4 is 5.32 Å². The number of alkyl halides is 3. The predicted octanol–water partition coefficient (Wildman–Crippen LogP) is 0.923. The van der Waals surface area contributed by atoms with Crippen molar-refractivity contribution < 1.29 is 22.4 Å². The second-order valence-electron chi connectivity index (χ2n) is 5.91. The lowest BCUT2D eigenvalue weighted by molar-refractivity contribution is -0.198. The summed E-state index contributed by atoms with van der Waals surface area (Å²) >= 11 is 0. The van der Waals surface area contributed by atoms with Gasteiger partial charge in [-0.3, -0.25) is 5.32 Å². The number of fused-ring (bicyclic) bond motifs is 1. The molecule has 1 unspecified atom stereocenters. The molecule has 24 heavy (non-hydrogen) atoms. The molecule has 4 rings (SSSR count). The lowest BCUT2D eigenvalue weighted by atomic mass is 9.96. The molecule has 2 aromatic rings. The van der Waals surface area contributed by atoms with Crippen molar-refractivity contribution in [3.63, 3.8) is 0 Å². The number of ether oxygens (including phenoxy) is 1. The van der Waals surface area contributed by atoms with Crippen molar-refractivity contribution in [1.29, 1.82) is 0 Å². The van der Waals surface area contributed by atoms with Crippen molar-refractivity contribution >= 4 is 0 Å². The molecule has 1 saturated heterocycles. The van der Waals surface area contributed by atoms with E-state index in [1.165, 1.54) is 0 Å². The standard InChI is InChI=1S/C13H15F3N6O2/c14-13(15,16)12(3-1-4-17-12)11-18-21-22(19-11)6-9-8-7-23-5-2-10(8)24-20-9/h17H,1-7H2. The summed E-state index contributed by atoms with van der Waals surface area (Å²) in [4.78, 5) is 1.11. The van der Waals surface area contributed by atoms with E-state index in [9.17, 15) is 13.2 Å². The maximum Gasteiger partial charge on any atom is 0.414 e. The molecule has 1 N–H and O–H groups in total. The van der Waals surface area contributed by atoms with Crippen LogP contribution in [-0.2, 0) is 29.8 Å². The van der Waals surface area contributed by atoms with Gasteiger partial charge in [-0.15, -0.1) is 10.2 Å². The molecule has 0 aromatic carbocycles. The minimum atomic E-state index is -4.49. The summed E-state index contributed by atoms with van der Waals surface area (Å²) in [7, 11) is 0. The Balaban J connectivity index is 1.60. The molecule has 4 heterocycles. The molecule has 2 aromatic heterocycles. The quantitative estimate of drug-likeness (QED) is 0.885. The summed E-state index contributed by atoms with van der Waals surface area (Å²) in [5, 5.41) is 17.8. The van der Waals surface area contributed by atoms with E-state index < -0.39 is 11.7 Å². The average molecular weight is 344 g/mol. The zero-order valence-electron chi connectivity index (χ0n) is 12.6. The summed E-state index contributed by atoms with van der Waals surface area (Å²) in [5.74, 6) is 0.377. The maximum absolute atomic E-state index is 13.5. The normalized spacial score (nSPS) is 24.3. The Labute approximate surface area is 134 Å². The monoisotopic (exact) mass is 344 g/mol. The Hall–Kier alpha value is -2.01. The van der Waals surface area contributed by atoms with Crippen molar-refractivity contribution in [1.82, 2.24) is 30.7 Å². The van der Waals surface area contributed by atoms with Gasteiger partial charge in [0.1, 0.15) is 18.0 Å². The zero-order valence-corrected chi connectivity index (χ0v) is 12.6. The van der Waals surface area contributed by atoms with Crippen molar-refractivity contribution in [3.8, 4) is 0 Å². The van der Waals surface area contributed by atoms with Gasteiger partial charge in [0.2, 0.25) is 5.82 Å². The molecule has 0 radical (unpaired) electrons. The fourth-order valence-electron chi connectivity index (χ4n) is 3.12. The van der Waals surface area contributed by atoms with Gasteiger partial charge in [0.25, 0.3) is 0 Å². The molecule has 11 heteroatoms. The van der Waals surface area contributed by atoms with Crippen LogP contribution in [0.15, 0.2) is 4.52 Å². The highest BCUT2D eigenvalue weighted by Crippen LogP contribution is 2.43. The van der Waals surface area contributed by atoms with Crippen LogP contribution >= 0.6 is 0 Å². The first kappa shape index (κ1) is 15.5. The molecule has 1 fully saturated rings. The molecule has 1 atom stereocenters. The minimum absolute atomic E-state index is 0.0864. The van der Waals surface area contributed by atoms with Crippen LogP contribution in [0.5, 0.6) is 0 Å². The lowest BCUT2D eigenvalue weighted by Crippen LogP contribution is -2.50. The largest absolute Gasteiger partial charge is 0.414 e. The Bertz CT molecular complexity index is 734. The minimum Gasteiger partial charge on any atom is -0.376 e. The van der Waals surface area contributed by atoms with E-state index in [0.29, 0.717) is 31.7 Å². The van der Waals surface area contributed by atoms with Gasteiger partial charge in [0.15, 0.2) is 5.54 Å². The molecule has 0 saturated carbocycles. The first-order valence-corrected chi connectivity index (χ1v) is 7.64. The number of halogens is 3. The van der Waals surface area contributed by atoms with Crippen molar-refractivity contribution in [2.75, 3.05) is 13.2 Å². The molecule has 0 spiro atoms. The van der Waals surface area contributed by atoms with Gasteiger partial charge in [0.05, 0.1) is 13.2 Å². The third-order valence-electron chi connectivity index (χ3n) is 4.44. The zero-order chi connectivity index (χ0) is 16.8. The van der Waals surface area contributed by atoms with Gasteiger partial charge in [-0.1, -0.05) is 5.16 Å².